The first-order chi connectivity index (χ1) is 10.2. The number of hydrogen-bond acceptors (Lipinski definition) is 4. The van der Waals surface area contributed by atoms with Gasteiger partial charge in [-0.3, -0.25) is 9.59 Å². The minimum Gasteiger partial charge on any atom is -0.459 e. The van der Waals surface area contributed by atoms with Crippen molar-refractivity contribution in [2.75, 3.05) is 26.2 Å². The Bertz CT molecular complexity index is 645. The van der Waals surface area contributed by atoms with Gasteiger partial charge in [0.05, 0.1) is 11.3 Å². The van der Waals surface area contributed by atoms with Gasteiger partial charge in [0.1, 0.15) is 4.88 Å². The largest absolute Gasteiger partial charge is 0.459 e. The number of carbonyl (C=O) groups is 2. The van der Waals surface area contributed by atoms with E-state index in [1.807, 2.05) is 0 Å². The summed E-state index contributed by atoms with van der Waals surface area (Å²) >= 11 is 7.32. The number of piperazine rings is 1. The van der Waals surface area contributed by atoms with Crippen molar-refractivity contribution >= 4 is 34.8 Å². The maximum absolute atomic E-state index is 12.3. The Hall–Kier alpha value is -1.79. The van der Waals surface area contributed by atoms with E-state index in [0.29, 0.717) is 41.8 Å². The van der Waals surface area contributed by atoms with Gasteiger partial charge in [0, 0.05) is 26.2 Å². The van der Waals surface area contributed by atoms with Gasteiger partial charge in [0.2, 0.25) is 0 Å². The first-order valence-electron chi connectivity index (χ1n) is 6.52. The van der Waals surface area contributed by atoms with Crippen molar-refractivity contribution in [3.05, 3.63) is 45.5 Å². The Kier molecular flexibility index (Phi) is 3.98. The van der Waals surface area contributed by atoms with Crippen LogP contribution in [-0.4, -0.2) is 47.8 Å². The van der Waals surface area contributed by atoms with Crippen molar-refractivity contribution in [1.82, 2.24) is 9.80 Å². The molecule has 110 valence electrons. The molecule has 7 heteroatoms. The van der Waals surface area contributed by atoms with Crippen molar-refractivity contribution in [2.24, 2.45) is 0 Å². The Morgan fingerprint density at radius 3 is 2.29 bits per heavy atom. The number of nitrogens with zero attached hydrogens (tertiary/aromatic N) is 2. The van der Waals surface area contributed by atoms with Crippen LogP contribution in [-0.2, 0) is 0 Å². The molecule has 1 saturated heterocycles. The number of amides is 2. The van der Waals surface area contributed by atoms with Crippen LogP contribution in [0, 0.1) is 0 Å². The molecule has 0 bridgehead atoms. The summed E-state index contributed by atoms with van der Waals surface area (Å²) in [7, 11) is 0. The fraction of sp³-hybridized carbons (Fsp3) is 0.286. The Labute approximate surface area is 130 Å². The summed E-state index contributed by atoms with van der Waals surface area (Å²) in [6.07, 6.45) is 1.48. The number of rotatable bonds is 2. The molecule has 3 rings (SSSR count). The number of halogens is 1. The molecule has 2 aromatic heterocycles. The smallest absolute Gasteiger partial charge is 0.289 e. The van der Waals surface area contributed by atoms with Gasteiger partial charge in [-0.2, -0.15) is 0 Å². The van der Waals surface area contributed by atoms with Crippen LogP contribution in [0.5, 0.6) is 0 Å². The molecule has 0 saturated carbocycles. The molecule has 0 aromatic carbocycles. The second kappa shape index (κ2) is 5.91. The van der Waals surface area contributed by atoms with Crippen LogP contribution in [0.15, 0.2) is 34.3 Å². The van der Waals surface area contributed by atoms with Gasteiger partial charge < -0.3 is 14.2 Å². The molecule has 0 spiro atoms. The lowest BCUT2D eigenvalue weighted by Gasteiger charge is -2.34. The molecule has 1 aliphatic heterocycles. The third-order valence-corrected chi connectivity index (χ3v) is 4.73. The molecule has 3 heterocycles. The number of carbonyl (C=O) groups excluding carboxylic acids is 2. The first kappa shape index (κ1) is 14.2. The fourth-order valence-electron chi connectivity index (χ4n) is 2.26. The van der Waals surface area contributed by atoms with Crippen molar-refractivity contribution in [3.8, 4) is 0 Å². The average Bonchev–Trinajstić information content (AvgIpc) is 3.17. The standard InChI is InChI=1S/C14H13ClN2O3S/c15-10-3-9-21-12(10)14(19)17-6-4-16(5-7-17)13(18)11-2-1-8-20-11/h1-3,8-9H,4-7H2. The van der Waals surface area contributed by atoms with Crippen LogP contribution >= 0.6 is 22.9 Å². The number of thiophene rings is 1. The van der Waals surface area contributed by atoms with Crippen LogP contribution in [0.4, 0.5) is 0 Å². The zero-order valence-electron chi connectivity index (χ0n) is 11.1. The molecule has 1 fully saturated rings. The number of hydrogen-bond donors (Lipinski definition) is 0. The van der Waals surface area contributed by atoms with Gasteiger partial charge in [0.15, 0.2) is 5.76 Å². The van der Waals surface area contributed by atoms with E-state index in [9.17, 15) is 9.59 Å². The summed E-state index contributed by atoms with van der Waals surface area (Å²) in [5, 5.41) is 2.28. The molecule has 5 nitrogen and oxygen atoms in total. The third-order valence-electron chi connectivity index (χ3n) is 3.40. The molecule has 1 aliphatic rings. The molecule has 0 N–H and O–H groups in total. The highest BCUT2D eigenvalue weighted by atomic mass is 35.5. The quantitative estimate of drug-likeness (QED) is 0.853. The van der Waals surface area contributed by atoms with Crippen molar-refractivity contribution in [1.29, 1.82) is 0 Å². The monoisotopic (exact) mass is 324 g/mol. The summed E-state index contributed by atoms with van der Waals surface area (Å²) in [5.41, 5.74) is 0. The second-order valence-corrected chi connectivity index (χ2v) is 5.98. The summed E-state index contributed by atoms with van der Waals surface area (Å²) in [6, 6.07) is 5.05. The molecular weight excluding hydrogens is 312 g/mol. The summed E-state index contributed by atoms with van der Waals surface area (Å²) < 4.78 is 5.11. The Morgan fingerprint density at radius 2 is 1.76 bits per heavy atom. The minimum absolute atomic E-state index is 0.0694. The third kappa shape index (κ3) is 2.82. The molecule has 0 atom stereocenters. The molecule has 0 aliphatic carbocycles. The summed E-state index contributed by atoms with van der Waals surface area (Å²) in [6.45, 7) is 1.99. The summed E-state index contributed by atoms with van der Waals surface area (Å²) in [4.78, 5) is 28.4. The van der Waals surface area contributed by atoms with Gasteiger partial charge in [0.25, 0.3) is 11.8 Å². The van der Waals surface area contributed by atoms with E-state index in [0.717, 1.165) is 0 Å². The molecule has 2 amide bonds. The molecular formula is C14H13ClN2O3S. The van der Waals surface area contributed by atoms with E-state index in [1.165, 1.54) is 17.6 Å². The van der Waals surface area contributed by atoms with Crippen molar-refractivity contribution < 1.29 is 14.0 Å². The van der Waals surface area contributed by atoms with E-state index >= 15 is 0 Å². The van der Waals surface area contributed by atoms with Gasteiger partial charge in [-0.05, 0) is 23.6 Å². The maximum atomic E-state index is 12.3. The van der Waals surface area contributed by atoms with Crippen LogP contribution in [0.3, 0.4) is 0 Å². The topological polar surface area (TPSA) is 53.8 Å². The highest BCUT2D eigenvalue weighted by Crippen LogP contribution is 2.24. The van der Waals surface area contributed by atoms with E-state index in [1.54, 1.807) is 33.4 Å². The van der Waals surface area contributed by atoms with Crippen LogP contribution < -0.4 is 0 Å². The van der Waals surface area contributed by atoms with E-state index < -0.39 is 0 Å². The van der Waals surface area contributed by atoms with Gasteiger partial charge in [-0.25, -0.2) is 0 Å². The van der Waals surface area contributed by atoms with Crippen molar-refractivity contribution in [2.45, 2.75) is 0 Å². The van der Waals surface area contributed by atoms with Crippen LogP contribution in [0.2, 0.25) is 5.02 Å². The predicted octanol–water partition coefficient (Wildman–Crippen LogP) is 2.59. The van der Waals surface area contributed by atoms with E-state index in [2.05, 4.69) is 0 Å². The second-order valence-electron chi connectivity index (χ2n) is 4.66. The summed E-state index contributed by atoms with van der Waals surface area (Å²) in [5.74, 6) is 0.123. The highest BCUT2D eigenvalue weighted by molar-refractivity contribution is 7.12. The first-order valence-corrected chi connectivity index (χ1v) is 7.77. The zero-order chi connectivity index (χ0) is 14.8. The minimum atomic E-state index is -0.138. The molecule has 0 unspecified atom stereocenters. The van der Waals surface area contributed by atoms with E-state index in [-0.39, 0.29) is 11.8 Å². The average molecular weight is 325 g/mol. The van der Waals surface area contributed by atoms with Gasteiger partial charge in [-0.1, -0.05) is 11.6 Å². The highest BCUT2D eigenvalue weighted by Gasteiger charge is 2.27. The SMILES string of the molecule is O=C(c1ccco1)N1CCN(C(=O)c2sccc2Cl)CC1. The molecule has 2 aromatic rings. The molecule has 0 radical (unpaired) electrons. The fourth-order valence-corrected chi connectivity index (χ4v) is 3.36. The lowest BCUT2D eigenvalue weighted by atomic mass is 10.2. The van der Waals surface area contributed by atoms with Gasteiger partial charge >= 0.3 is 0 Å². The maximum Gasteiger partial charge on any atom is 0.289 e. The van der Waals surface area contributed by atoms with Crippen LogP contribution in [0.25, 0.3) is 0 Å². The lowest BCUT2D eigenvalue weighted by molar-refractivity contribution is 0.0520. The Morgan fingerprint density at radius 1 is 1.10 bits per heavy atom. The molecule has 21 heavy (non-hydrogen) atoms. The van der Waals surface area contributed by atoms with Gasteiger partial charge in [-0.15, -0.1) is 11.3 Å². The lowest BCUT2D eigenvalue weighted by Crippen LogP contribution is -2.50. The zero-order valence-corrected chi connectivity index (χ0v) is 12.7. The predicted molar refractivity (Wildman–Crippen MR) is 79.8 cm³/mol. The van der Waals surface area contributed by atoms with Crippen molar-refractivity contribution in [3.63, 3.8) is 0 Å². The normalized spacial score (nSPS) is 15.3. The van der Waals surface area contributed by atoms with E-state index in [4.69, 9.17) is 16.0 Å². The van der Waals surface area contributed by atoms with Crippen LogP contribution in [0.1, 0.15) is 20.2 Å². The number of furan rings is 1. The Balaban J connectivity index is 1.62.